The average Bonchev–Trinajstić information content (AvgIpc) is 3.24. The van der Waals surface area contributed by atoms with E-state index in [2.05, 4.69) is 40.4 Å². The van der Waals surface area contributed by atoms with Gasteiger partial charge in [-0.15, -0.1) is 0 Å². The fourth-order valence-electron chi connectivity index (χ4n) is 3.39. The van der Waals surface area contributed by atoms with E-state index in [1.807, 2.05) is 0 Å². The Hall–Kier alpha value is -2.37. The normalized spacial score (nSPS) is 20.4. The minimum absolute atomic E-state index is 0.0396. The molecule has 1 saturated carbocycles. The molecule has 1 aromatic heterocycles. The highest BCUT2D eigenvalue weighted by Crippen LogP contribution is 2.40. The summed E-state index contributed by atoms with van der Waals surface area (Å²) >= 11 is 0. The lowest BCUT2D eigenvalue weighted by Gasteiger charge is -2.10. The molecule has 2 heterocycles. The lowest BCUT2D eigenvalue weighted by Crippen LogP contribution is -2.42. The Morgan fingerprint density at radius 3 is 2.92 bits per heavy atom. The second kappa shape index (κ2) is 5.92. The van der Waals surface area contributed by atoms with Crippen LogP contribution < -0.4 is 10.6 Å². The SMILES string of the molecule is Cn1c(C2CC2)nc2cc(CCNC(=O)C3CCC(=O)N3)ccc21. The number of hydrogen-bond acceptors (Lipinski definition) is 3. The molecule has 6 heteroatoms. The van der Waals surface area contributed by atoms with E-state index in [4.69, 9.17) is 4.98 Å². The predicted octanol–water partition coefficient (Wildman–Crippen LogP) is 1.39. The van der Waals surface area contributed by atoms with Crippen molar-refractivity contribution in [3.05, 3.63) is 29.6 Å². The van der Waals surface area contributed by atoms with E-state index in [-0.39, 0.29) is 17.9 Å². The molecule has 126 valence electrons. The van der Waals surface area contributed by atoms with E-state index in [9.17, 15) is 9.59 Å². The Kier molecular flexibility index (Phi) is 3.75. The fraction of sp³-hybridized carbons (Fsp3) is 0.500. The first-order valence-corrected chi connectivity index (χ1v) is 8.64. The van der Waals surface area contributed by atoms with Crippen LogP contribution in [0, 0.1) is 0 Å². The van der Waals surface area contributed by atoms with Crippen molar-refractivity contribution in [3.8, 4) is 0 Å². The van der Waals surface area contributed by atoms with E-state index in [0.717, 1.165) is 11.9 Å². The van der Waals surface area contributed by atoms with E-state index in [0.29, 0.717) is 25.3 Å². The van der Waals surface area contributed by atoms with Crippen LogP contribution in [-0.4, -0.2) is 34.0 Å². The summed E-state index contributed by atoms with van der Waals surface area (Å²) < 4.78 is 2.20. The molecule has 1 aliphatic heterocycles. The number of rotatable bonds is 5. The van der Waals surface area contributed by atoms with E-state index in [1.54, 1.807) is 0 Å². The monoisotopic (exact) mass is 326 g/mol. The first-order valence-electron chi connectivity index (χ1n) is 8.64. The van der Waals surface area contributed by atoms with Crippen LogP contribution >= 0.6 is 0 Å². The van der Waals surface area contributed by atoms with Gasteiger partial charge in [0.1, 0.15) is 11.9 Å². The molecular formula is C18H22N4O2. The zero-order chi connectivity index (χ0) is 16.7. The fourth-order valence-corrected chi connectivity index (χ4v) is 3.39. The van der Waals surface area contributed by atoms with Crippen LogP contribution in [0.2, 0.25) is 0 Å². The molecule has 1 atom stereocenters. The minimum atomic E-state index is -0.364. The van der Waals surface area contributed by atoms with E-state index in [1.165, 1.54) is 29.7 Å². The van der Waals surface area contributed by atoms with Crippen LogP contribution in [0.15, 0.2) is 18.2 Å². The highest BCUT2D eigenvalue weighted by molar-refractivity contribution is 5.90. The Bertz CT molecular complexity index is 807. The van der Waals surface area contributed by atoms with Crippen molar-refractivity contribution in [1.29, 1.82) is 0 Å². The molecule has 2 aliphatic rings. The Morgan fingerprint density at radius 1 is 1.38 bits per heavy atom. The van der Waals surface area contributed by atoms with Gasteiger partial charge < -0.3 is 15.2 Å². The number of nitrogens with one attached hydrogen (secondary N) is 2. The van der Waals surface area contributed by atoms with Gasteiger partial charge in [-0.05, 0) is 43.4 Å². The van der Waals surface area contributed by atoms with Gasteiger partial charge in [0.2, 0.25) is 11.8 Å². The van der Waals surface area contributed by atoms with Crippen molar-refractivity contribution in [2.75, 3.05) is 6.54 Å². The molecule has 2 N–H and O–H groups in total. The lowest BCUT2D eigenvalue weighted by molar-refractivity contribution is -0.125. The second-order valence-electron chi connectivity index (χ2n) is 6.83. The number of amides is 2. The molecule has 4 rings (SSSR count). The molecule has 2 aromatic rings. The molecule has 1 aliphatic carbocycles. The number of carbonyl (C=O) groups is 2. The van der Waals surface area contributed by atoms with E-state index < -0.39 is 0 Å². The van der Waals surface area contributed by atoms with Gasteiger partial charge in [0.05, 0.1) is 11.0 Å². The molecular weight excluding hydrogens is 304 g/mol. The number of fused-ring (bicyclic) bond motifs is 1. The van der Waals surface area contributed by atoms with Gasteiger partial charge in [0.15, 0.2) is 0 Å². The smallest absolute Gasteiger partial charge is 0.242 e. The number of aryl methyl sites for hydroxylation is 1. The van der Waals surface area contributed by atoms with Crippen LogP contribution in [-0.2, 0) is 23.1 Å². The lowest BCUT2D eigenvalue weighted by atomic mass is 10.1. The van der Waals surface area contributed by atoms with Gasteiger partial charge in [0.25, 0.3) is 0 Å². The predicted molar refractivity (Wildman–Crippen MR) is 90.6 cm³/mol. The maximum Gasteiger partial charge on any atom is 0.242 e. The number of imidazole rings is 1. The van der Waals surface area contributed by atoms with E-state index >= 15 is 0 Å². The van der Waals surface area contributed by atoms with Crippen LogP contribution in [0.4, 0.5) is 0 Å². The topological polar surface area (TPSA) is 76.0 Å². The van der Waals surface area contributed by atoms with Crippen molar-refractivity contribution >= 4 is 22.8 Å². The number of benzene rings is 1. The second-order valence-corrected chi connectivity index (χ2v) is 6.83. The molecule has 0 spiro atoms. The number of nitrogens with zero attached hydrogens (tertiary/aromatic N) is 2. The quantitative estimate of drug-likeness (QED) is 0.872. The standard InChI is InChI=1S/C18H22N4O2/c1-22-15-6-2-11(10-14(15)21-17(22)12-3-4-12)8-9-19-18(24)13-5-7-16(23)20-13/h2,6,10,12-13H,3-5,7-9H2,1H3,(H,19,24)(H,20,23). The number of hydrogen-bond donors (Lipinski definition) is 2. The molecule has 2 amide bonds. The first kappa shape index (κ1) is 15.2. The Balaban J connectivity index is 1.38. The van der Waals surface area contributed by atoms with Crippen molar-refractivity contribution in [2.45, 2.75) is 44.1 Å². The summed E-state index contributed by atoms with van der Waals surface area (Å²) in [4.78, 5) is 27.9. The Morgan fingerprint density at radius 2 is 2.21 bits per heavy atom. The van der Waals surface area contributed by atoms with Crippen LogP contribution in [0.3, 0.4) is 0 Å². The summed E-state index contributed by atoms with van der Waals surface area (Å²) in [7, 11) is 2.08. The molecule has 6 nitrogen and oxygen atoms in total. The largest absolute Gasteiger partial charge is 0.354 e. The summed E-state index contributed by atoms with van der Waals surface area (Å²) in [5, 5.41) is 5.60. The Labute approximate surface area is 140 Å². The van der Waals surface area contributed by atoms with Gasteiger partial charge >= 0.3 is 0 Å². The van der Waals surface area contributed by atoms with Crippen LogP contribution in [0.1, 0.15) is 43.0 Å². The molecule has 0 bridgehead atoms. The third kappa shape index (κ3) is 2.88. The van der Waals surface area contributed by atoms with Crippen LogP contribution in [0.25, 0.3) is 11.0 Å². The van der Waals surface area contributed by atoms with Gasteiger partial charge in [-0.1, -0.05) is 6.07 Å². The first-order chi connectivity index (χ1) is 11.6. The summed E-state index contributed by atoms with van der Waals surface area (Å²) in [6.45, 7) is 0.568. The maximum absolute atomic E-state index is 12.0. The average molecular weight is 326 g/mol. The van der Waals surface area contributed by atoms with Crippen molar-refractivity contribution < 1.29 is 9.59 Å². The number of carbonyl (C=O) groups excluding carboxylic acids is 2. The molecule has 1 saturated heterocycles. The summed E-state index contributed by atoms with van der Waals surface area (Å²) in [5.74, 6) is 1.69. The molecule has 2 fully saturated rings. The molecule has 1 unspecified atom stereocenters. The van der Waals surface area contributed by atoms with Gasteiger partial charge in [-0.3, -0.25) is 9.59 Å². The summed E-state index contributed by atoms with van der Waals surface area (Å²) in [6, 6.07) is 5.97. The highest BCUT2D eigenvalue weighted by atomic mass is 16.2. The zero-order valence-corrected chi connectivity index (χ0v) is 13.8. The minimum Gasteiger partial charge on any atom is -0.354 e. The van der Waals surface area contributed by atoms with Gasteiger partial charge in [0, 0.05) is 25.9 Å². The van der Waals surface area contributed by atoms with Crippen LogP contribution in [0.5, 0.6) is 0 Å². The zero-order valence-electron chi connectivity index (χ0n) is 13.8. The van der Waals surface area contributed by atoms with Gasteiger partial charge in [-0.25, -0.2) is 4.98 Å². The summed E-state index contributed by atoms with van der Waals surface area (Å²) in [6.07, 6.45) is 4.28. The van der Waals surface area contributed by atoms with Crippen molar-refractivity contribution in [2.24, 2.45) is 7.05 Å². The summed E-state index contributed by atoms with van der Waals surface area (Å²) in [5.41, 5.74) is 3.36. The van der Waals surface area contributed by atoms with Crippen molar-refractivity contribution in [1.82, 2.24) is 20.2 Å². The van der Waals surface area contributed by atoms with Gasteiger partial charge in [-0.2, -0.15) is 0 Å². The molecule has 24 heavy (non-hydrogen) atoms. The highest BCUT2D eigenvalue weighted by Gasteiger charge is 2.28. The molecule has 1 aromatic carbocycles. The maximum atomic E-state index is 12.0. The molecule has 0 radical (unpaired) electrons. The van der Waals surface area contributed by atoms with Crippen molar-refractivity contribution in [3.63, 3.8) is 0 Å². The third-order valence-electron chi connectivity index (χ3n) is 4.95. The third-order valence-corrected chi connectivity index (χ3v) is 4.95. The number of aromatic nitrogens is 2.